The smallest absolute Gasteiger partial charge is 0.209 e. The van der Waals surface area contributed by atoms with Crippen LogP contribution in [0.25, 0.3) is 11.3 Å². The molecule has 0 bridgehead atoms. The van der Waals surface area contributed by atoms with Crippen LogP contribution < -0.4 is 0 Å². The number of likely N-dealkylation sites (tertiary alicyclic amines) is 1. The van der Waals surface area contributed by atoms with E-state index in [2.05, 4.69) is 9.88 Å². The van der Waals surface area contributed by atoms with Gasteiger partial charge in [-0.25, -0.2) is 4.98 Å². The molecular weight excluding hydrogens is 212 g/mol. The first-order chi connectivity index (χ1) is 8.42. The molecule has 2 aromatic rings. The van der Waals surface area contributed by atoms with E-state index in [1.807, 2.05) is 36.5 Å². The average molecular weight is 228 g/mol. The fourth-order valence-corrected chi connectivity index (χ4v) is 2.25. The van der Waals surface area contributed by atoms with Gasteiger partial charge in [0.2, 0.25) is 5.89 Å². The molecule has 0 aliphatic carbocycles. The van der Waals surface area contributed by atoms with Gasteiger partial charge in [-0.3, -0.25) is 4.90 Å². The van der Waals surface area contributed by atoms with Crippen LogP contribution in [0.3, 0.4) is 0 Å². The van der Waals surface area contributed by atoms with Crippen LogP contribution in [0.4, 0.5) is 0 Å². The summed E-state index contributed by atoms with van der Waals surface area (Å²) < 4.78 is 5.78. The lowest BCUT2D eigenvalue weighted by molar-refractivity contribution is 0.292. The third-order valence-electron chi connectivity index (χ3n) is 3.17. The van der Waals surface area contributed by atoms with E-state index in [9.17, 15) is 0 Å². The highest BCUT2D eigenvalue weighted by Gasteiger charge is 2.14. The highest BCUT2D eigenvalue weighted by atomic mass is 16.4. The van der Waals surface area contributed by atoms with Crippen LogP contribution in [0, 0.1) is 0 Å². The Morgan fingerprint density at radius 2 is 1.88 bits per heavy atom. The van der Waals surface area contributed by atoms with Gasteiger partial charge in [-0.15, -0.1) is 0 Å². The maximum Gasteiger partial charge on any atom is 0.209 e. The predicted molar refractivity (Wildman–Crippen MR) is 66.5 cm³/mol. The molecule has 3 heteroatoms. The molecule has 1 aliphatic rings. The Hall–Kier alpha value is -1.61. The Bertz CT molecular complexity index is 472. The fourth-order valence-electron chi connectivity index (χ4n) is 2.25. The summed E-state index contributed by atoms with van der Waals surface area (Å²) >= 11 is 0. The third kappa shape index (κ3) is 2.39. The fraction of sp³-hybridized carbons (Fsp3) is 0.357. The maximum atomic E-state index is 5.78. The van der Waals surface area contributed by atoms with E-state index >= 15 is 0 Å². The summed E-state index contributed by atoms with van der Waals surface area (Å²) in [7, 11) is 0. The van der Waals surface area contributed by atoms with E-state index in [-0.39, 0.29) is 0 Å². The van der Waals surface area contributed by atoms with Gasteiger partial charge in [0.25, 0.3) is 0 Å². The molecule has 0 amide bonds. The maximum absolute atomic E-state index is 5.78. The van der Waals surface area contributed by atoms with Crippen molar-refractivity contribution in [3.05, 3.63) is 42.4 Å². The Labute approximate surface area is 101 Å². The number of benzene rings is 1. The highest BCUT2D eigenvalue weighted by molar-refractivity contribution is 5.55. The second-order valence-electron chi connectivity index (χ2n) is 4.47. The summed E-state index contributed by atoms with van der Waals surface area (Å²) in [6, 6.07) is 10.1. The Kier molecular flexibility index (Phi) is 2.92. The van der Waals surface area contributed by atoms with Crippen molar-refractivity contribution in [1.29, 1.82) is 0 Å². The number of hydrogen-bond acceptors (Lipinski definition) is 3. The predicted octanol–water partition coefficient (Wildman–Crippen LogP) is 2.94. The van der Waals surface area contributed by atoms with Crippen LogP contribution in [-0.4, -0.2) is 23.0 Å². The lowest BCUT2D eigenvalue weighted by atomic mass is 10.2. The van der Waals surface area contributed by atoms with Crippen LogP contribution in [0.15, 0.2) is 40.9 Å². The number of nitrogens with zero attached hydrogens (tertiary/aromatic N) is 2. The number of hydrogen-bond donors (Lipinski definition) is 0. The molecular formula is C14H16N2O. The van der Waals surface area contributed by atoms with E-state index < -0.39 is 0 Å². The highest BCUT2D eigenvalue weighted by Crippen LogP contribution is 2.21. The zero-order valence-corrected chi connectivity index (χ0v) is 9.80. The second-order valence-corrected chi connectivity index (χ2v) is 4.47. The summed E-state index contributed by atoms with van der Waals surface area (Å²) in [4.78, 5) is 6.74. The van der Waals surface area contributed by atoms with Gasteiger partial charge in [0.15, 0.2) is 5.76 Å². The van der Waals surface area contributed by atoms with Crippen LogP contribution >= 0.6 is 0 Å². The Morgan fingerprint density at radius 3 is 2.65 bits per heavy atom. The second kappa shape index (κ2) is 4.72. The first kappa shape index (κ1) is 10.5. The SMILES string of the molecule is c1ccc(-c2cnc(CN3CCCC3)o2)cc1. The van der Waals surface area contributed by atoms with Crippen molar-refractivity contribution < 1.29 is 4.42 Å². The van der Waals surface area contributed by atoms with Crippen molar-refractivity contribution in [2.24, 2.45) is 0 Å². The monoisotopic (exact) mass is 228 g/mol. The first-order valence-electron chi connectivity index (χ1n) is 6.14. The van der Waals surface area contributed by atoms with Crippen LogP contribution in [0.5, 0.6) is 0 Å². The van der Waals surface area contributed by atoms with Crippen molar-refractivity contribution in [3.63, 3.8) is 0 Å². The minimum atomic E-state index is 0.825. The molecule has 17 heavy (non-hydrogen) atoms. The number of aromatic nitrogens is 1. The van der Waals surface area contributed by atoms with Crippen LogP contribution in [-0.2, 0) is 6.54 Å². The first-order valence-corrected chi connectivity index (χ1v) is 6.14. The average Bonchev–Trinajstić information content (AvgIpc) is 3.02. The van der Waals surface area contributed by atoms with E-state index in [0.717, 1.165) is 23.8 Å². The number of oxazole rings is 1. The molecule has 1 aromatic heterocycles. The van der Waals surface area contributed by atoms with Crippen LogP contribution in [0.1, 0.15) is 18.7 Å². The van der Waals surface area contributed by atoms with Crippen molar-refractivity contribution in [2.75, 3.05) is 13.1 Å². The van der Waals surface area contributed by atoms with Gasteiger partial charge in [0.1, 0.15) is 0 Å². The molecule has 1 fully saturated rings. The van der Waals surface area contributed by atoms with Gasteiger partial charge in [0, 0.05) is 5.56 Å². The molecule has 2 heterocycles. The van der Waals surface area contributed by atoms with Gasteiger partial charge >= 0.3 is 0 Å². The molecule has 1 aromatic carbocycles. The number of rotatable bonds is 3. The van der Waals surface area contributed by atoms with Crippen LogP contribution in [0.2, 0.25) is 0 Å². The molecule has 0 radical (unpaired) electrons. The summed E-state index contributed by atoms with van der Waals surface area (Å²) in [5.41, 5.74) is 1.09. The van der Waals surface area contributed by atoms with Crippen molar-refractivity contribution in [2.45, 2.75) is 19.4 Å². The largest absolute Gasteiger partial charge is 0.439 e. The van der Waals surface area contributed by atoms with Gasteiger partial charge in [-0.05, 0) is 25.9 Å². The molecule has 3 nitrogen and oxygen atoms in total. The molecule has 0 saturated carbocycles. The summed E-state index contributed by atoms with van der Waals surface area (Å²) in [6.07, 6.45) is 4.42. The molecule has 0 unspecified atom stereocenters. The summed E-state index contributed by atoms with van der Waals surface area (Å²) in [5.74, 6) is 1.69. The lowest BCUT2D eigenvalue weighted by Gasteiger charge is -2.10. The quantitative estimate of drug-likeness (QED) is 0.808. The molecule has 3 rings (SSSR count). The van der Waals surface area contributed by atoms with E-state index in [4.69, 9.17) is 4.42 Å². The standard InChI is InChI=1S/C14H16N2O/c1-2-6-12(7-3-1)13-10-15-14(17-13)11-16-8-4-5-9-16/h1-3,6-7,10H,4-5,8-9,11H2. The normalized spacial score (nSPS) is 16.5. The minimum absolute atomic E-state index is 0.825. The Balaban J connectivity index is 1.74. The van der Waals surface area contributed by atoms with Gasteiger partial charge in [-0.1, -0.05) is 30.3 Å². The Morgan fingerprint density at radius 1 is 1.12 bits per heavy atom. The zero-order chi connectivity index (χ0) is 11.5. The van der Waals surface area contributed by atoms with E-state index in [1.165, 1.54) is 25.9 Å². The van der Waals surface area contributed by atoms with Crippen molar-refractivity contribution in [1.82, 2.24) is 9.88 Å². The molecule has 0 atom stereocenters. The molecule has 0 spiro atoms. The minimum Gasteiger partial charge on any atom is -0.439 e. The molecule has 88 valence electrons. The van der Waals surface area contributed by atoms with E-state index in [1.54, 1.807) is 0 Å². The molecule has 1 aliphatic heterocycles. The third-order valence-corrected chi connectivity index (χ3v) is 3.17. The lowest BCUT2D eigenvalue weighted by Crippen LogP contribution is -2.18. The molecule has 0 N–H and O–H groups in total. The van der Waals surface area contributed by atoms with Gasteiger partial charge in [0.05, 0.1) is 12.7 Å². The van der Waals surface area contributed by atoms with Crippen molar-refractivity contribution >= 4 is 0 Å². The van der Waals surface area contributed by atoms with Gasteiger partial charge in [-0.2, -0.15) is 0 Å². The summed E-state index contributed by atoms with van der Waals surface area (Å²) in [5, 5.41) is 0. The van der Waals surface area contributed by atoms with E-state index in [0.29, 0.717) is 0 Å². The van der Waals surface area contributed by atoms with Crippen molar-refractivity contribution in [3.8, 4) is 11.3 Å². The molecule has 1 saturated heterocycles. The summed E-state index contributed by atoms with van der Waals surface area (Å²) in [6.45, 7) is 3.18. The zero-order valence-electron chi connectivity index (χ0n) is 9.80. The topological polar surface area (TPSA) is 29.3 Å². The van der Waals surface area contributed by atoms with Gasteiger partial charge < -0.3 is 4.42 Å².